The Kier molecular flexibility index (Phi) is 5.37. The van der Waals surface area contributed by atoms with Gasteiger partial charge in [-0.1, -0.05) is 24.3 Å². The molecule has 1 N–H and O–H groups in total. The summed E-state index contributed by atoms with van der Waals surface area (Å²) in [5, 5.41) is 3.51. The van der Waals surface area contributed by atoms with Gasteiger partial charge in [-0.05, 0) is 57.0 Å². The molecule has 6 nitrogen and oxygen atoms in total. The predicted molar refractivity (Wildman–Crippen MR) is 115 cm³/mol. The topological polar surface area (TPSA) is 59.4 Å². The van der Waals surface area contributed by atoms with Crippen LogP contribution in [0.5, 0.6) is 0 Å². The third-order valence-corrected chi connectivity index (χ3v) is 5.08. The van der Waals surface area contributed by atoms with Gasteiger partial charge in [0.15, 0.2) is 0 Å². The minimum atomic E-state index is -0.508. The molecule has 2 aromatic carbocycles. The second kappa shape index (κ2) is 7.97. The lowest BCUT2D eigenvalue weighted by molar-refractivity contribution is 0.0293. The molecule has 3 aromatic rings. The first-order chi connectivity index (χ1) is 14.3. The Hall–Kier alpha value is -3.09. The molecule has 158 valence electrons. The van der Waals surface area contributed by atoms with Gasteiger partial charge in [-0.15, -0.1) is 0 Å². The number of nitrogens with zero attached hydrogens (tertiary/aromatic N) is 3. The lowest BCUT2D eigenvalue weighted by Crippen LogP contribution is -2.36. The number of hydrogen-bond acceptors (Lipinski definition) is 4. The van der Waals surface area contributed by atoms with Crippen molar-refractivity contribution in [3.63, 3.8) is 0 Å². The van der Waals surface area contributed by atoms with Crippen molar-refractivity contribution < 1.29 is 13.9 Å². The monoisotopic (exact) mass is 410 g/mol. The van der Waals surface area contributed by atoms with Crippen LogP contribution in [0.1, 0.15) is 32.8 Å². The Morgan fingerprint density at radius 1 is 1.20 bits per heavy atom. The number of carbonyl (C=O) groups is 1. The van der Waals surface area contributed by atoms with E-state index < -0.39 is 5.60 Å². The predicted octanol–water partition coefficient (Wildman–Crippen LogP) is 4.65. The fourth-order valence-electron chi connectivity index (χ4n) is 3.67. The van der Waals surface area contributed by atoms with Crippen LogP contribution in [0.15, 0.2) is 48.5 Å². The fourth-order valence-corrected chi connectivity index (χ4v) is 3.67. The molecular formula is C23H27FN4O2. The molecule has 1 fully saturated rings. The van der Waals surface area contributed by atoms with Crippen molar-refractivity contribution in [1.29, 1.82) is 0 Å². The Labute approximate surface area is 175 Å². The molecule has 4 rings (SSSR count). The highest BCUT2D eigenvalue weighted by molar-refractivity contribution is 5.79. The number of anilines is 1. The second-order valence-electron chi connectivity index (χ2n) is 8.69. The first kappa shape index (κ1) is 20.2. The van der Waals surface area contributed by atoms with Gasteiger partial charge in [0.1, 0.15) is 11.4 Å². The van der Waals surface area contributed by atoms with E-state index in [1.54, 1.807) is 17.0 Å². The molecule has 1 aliphatic rings. The number of halogens is 1. The van der Waals surface area contributed by atoms with Crippen LogP contribution in [0, 0.1) is 5.82 Å². The van der Waals surface area contributed by atoms with E-state index in [9.17, 15) is 9.18 Å². The third kappa shape index (κ3) is 4.56. The summed E-state index contributed by atoms with van der Waals surface area (Å²) in [6, 6.07) is 14.5. The van der Waals surface area contributed by atoms with E-state index in [1.807, 2.05) is 45.0 Å². The van der Waals surface area contributed by atoms with Crippen LogP contribution < -0.4 is 5.32 Å². The van der Waals surface area contributed by atoms with E-state index >= 15 is 0 Å². The Morgan fingerprint density at radius 2 is 1.93 bits per heavy atom. The van der Waals surface area contributed by atoms with Crippen molar-refractivity contribution in [2.24, 2.45) is 0 Å². The summed E-state index contributed by atoms with van der Waals surface area (Å²) in [4.78, 5) is 18.9. The summed E-state index contributed by atoms with van der Waals surface area (Å²) in [7, 11) is 0. The van der Waals surface area contributed by atoms with Gasteiger partial charge in [-0.2, -0.15) is 0 Å². The zero-order valence-electron chi connectivity index (χ0n) is 17.6. The molecule has 1 aliphatic heterocycles. The number of amides is 1. The maximum atomic E-state index is 13.3. The maximum absolute atomic E-state index is 13.3. The standard InChI is InChI=1S/C23H27FN4O2/c1-23(2,3)30-22(29)27-13-12-18(15-27)25-21-26-19-6-4-5-7-20(19)28(21)14-16-8-10-17(24)11-9-16/h4-11,18H,12-15H2,1-3H3,(H,25,26)/t18-/m0/s1. The van der Waals surface area contributed by atoms with Gasteiger partial charge in [0.25, 0.3) is 0 Å². The number of benzene rings is 2. The smallest absolute Gasteiger partial charge is 0.410 e. The summed E-state index contributed by atoms with van der Waals surface area (Å²) < 4.78 is 20.9. The molecule has 7 heteroatoms. The van der Waals surface area contributed by atoms with Gasteiger partial charge in [0.05, 0.1) is 17.6 Å². The van der Waals surface area contributed by atoms with Crippen molar-refractivity contribution in [2.45, 2.75) is 45.4 Å². The van der Waals surface area contributed by atoms with Gasteiger partial charge in [-0.25, -0.2) is 14.2 Å². The van der Waals surface area contributed by atoms with E-state index in [0.717, 1.165) is 29.0 Å². The van der Waals surface area contributed by atoms with E-state index in [4.69, 9.17) is 9.72 Å². The highest BCUT2D eigenvalue weighted by Gasteiger charge is 2.30. The molecule has 0 spiro atoms. The normalized spacial score (nSPS) is 16.8. The maximum Gasteiger partial charge on any atom is 0.410 e. The number of aromatic nitrogens is 2. The molecule has 0 radical (unpaired) electrons. The Bertz CT molecular complexity index is 1040. The lowest BCUT2D eigenvalue weighted by Gasteiger charge is -2.24. The van der Waals surface area contributed by atoms with Crippen LogP contribution >= 0.6 is 0 Å². The Balaban J connectivity index is 1.53. The third-order valence-electron chi connectivity index (χ3n) is 5.08. The van der Waals surface area contributed by atoms with Crippen LogP contribution in [0.3, 0.4) is 0 Å². The van der Waals surface area contributed by atoms with Crippen LogP contribution in [-0.2, 0) is 11.3 Å². The highest BCUT2D eigenvalue weighted by Crippen LogP contribution is 2.24. The van der Waals surface area contributed by atoms with Crippen molar-refractivity contribution in [3.05, 3.63) is 59.9 Å². The van der Waals surface area contributed by atoms with Gasteiger partial charge >= 0.3 is 6.09 Å². The van der Waals surface area contributed by atoms with Gasteiger partial charge in [-0.3, -0.25) is 0 Å². The van der Waals surface area contributed by atoms with Crippen LogP contribution in [0.25, 0.3) is 11.0 Å². The average Bonchev–Trinajstić information content (AvgIpc) is 3.28. The SMILES string of the molecule is CC(C)(C)OC(=O)N1CC[C@H](Nc2nc3ccccc3n2Cc2ccc(F)cc2)C1. The number of carbonyl (C=O) groups excluding carboxylic acids is 1. The van der Waals surface area contributed by atoms with Gasteiger partial charge in [0.2, 0.25) is 5.95 Å². The largest absolute Gasteiger partial charge is 0.444 e. The first-order valence-electron chi connectivity index (χ1n) is 10.2. The zero-order valence-corrected chi connectivity index (χ0v) is 17.6. The number of fused-ring (bicyclic) bond motifs is 1. The minimum absolute atomic E-state index is 0.0845. The van der Waals surface area contributed by atoms with Crippen LogP contribution in [-0.4, -0.2) is 45.3 Å². The fraction of sp³-hybridized carbons (Fsp3) is 0.391. The number of rotatable bonds is 4. The number of nitrogens with one attached hydrogen (secondary N) is 1. The minimum Gasteiger partial charge on any atom is -0.444 e. The quantitative estimate of drug-likeness (QED) is 0.680. The van der Waals surface area contributed by atoms with E-state index in [2.05, 4.69) is 9.88 Å². The molecule has 0 bridgehead atoms. The average molecular weight is 410 g/mol. The molecule has 1 aromatic heterocycles. The molecule has 1 atom stereocenters. The van der Waals surface area contributed by atoms with Crippen molar-refractivity contribution in [1.82, 2.24) is 14.5 Å². The Morgan fingerprint density at radius 3 is 2.67 bits per heavy atom. The molecule has 1 saturated heterocycles. The number of imidazole rings is 1. The molecule has 30 heavy (non-hydrogen) atoms. The van der Waals surface area contributed by atoms with E-state index in [1.165, 1.54) is 12.1 Å². The van der Waals surface area contributed by atoms with Crippen LogP contribution in [0.4, 0.5) is 15.1 Å². The summed E-state index contributed by atoms with van der Waals surface area (Å²) in [5.41, 5.74) is 2.38. The second-order valence-corrected chi connectivity index (χ2v) is 8.69. The molecule has 1 amide bonds. The molecular weight excluding hydrogens is 383 g/mol. The molecule has 0 unspecified atom stereocenters. The number of hydrogen-bond donors (Lipinski definition) is 1. The van der Waals surface area contributed by atoms with Crippen molar-refractivity contribution in [3.8, 4) is 0 Å². The number of ether oxygens (including phenoxy) is 1. The van der Waals surface area contributed by atoms with Gasteiger partial charge in [0, 0.05) is 19.1 Å². The van der Waals surface area contributed by atoms with Crippen molar-refractivity contribution in [2.75, 3.05) is 18.4 Å². The zero-order chi connectivity index (χ0) is 21.3. The van der Waals surface area contributed by atoms with Gasteiger partial charge < -0.3 is 19.5 Å². The summed E-state index contributed by atoms with van der Waals surface area (Å²) in [6.45, 7) is 7.39. The molecule has 2 heterocycles. The molecule has 0 saturated carbocycles. The summed E-state index contributed by atoms with van der Waals surface area (Å²) >= 11 is 0. The number of likely N-dealkylation sites (tertiary alicyclic amines) is 1. The summed E-state index contributed by atoms with van der Waals surface area (Å²) in [6.07, 6.45) is 0.533. The molecule has 0 aliphatic carbocycles. The summed E-state index contributed by atoms with van der Waals surface area (Å²) in [5.74, 6) is 0.498. The first-order valence-corrected chi connectivity index (χ1v) is 10.2. The van der Waals surface area contributed by atoms with E-state index in [0.29, 0.717) is 19.6 Å². The number of para-hydroxylation sites is 2. The van der Waals surface area contributed by atoms with Crippen molar-refractivity contribution >= 4 is 23.1 Å². The lowest BCUT2D eigenvalue weighted by atomic mass is 10.2. The van der Waals surface area contributed by atoms with E-state index in [-0.39, 0.29) is 18.0 Å². The van der Waals surface area contributed by atoms with Crippen LogP contribution in [0.2, 0.25) is 0 Å². The highest BCUT2D eigenvalue weighted by atomic mass is 19.1.